The predicted molar refractivity (Wildman–Crippen MR) is 71.8 cm³/mol. The lowest BCUT2D eigenvalue weighted by Crippen LogP contribution is -2.39. The van der Waals surface area contributed by atoms with E-state index in [1.54, 1.807) is 0 Å². The van der Waals surface area contributed by atoms with E-state index in [0.29, 0.717) is 12.0 Å². The lowest BCUT2D eigenvalue weighted by molar-refractivity contribution is -0.126. The second kappa shape index (κ2) is 7.00. The SMILES string of the molecule is CC(C)CCCC(C)NC(=O)[C@@H]1CNC[C@H]1C. The Bertz CT molecular complexity index is 240. The van der Waals surface area contributed by atoms with Gasteiger partial charge in [-0.1, -0.05) is 33.6 Å². The third-order valence-electron chi connectivity index (χ3n) is 3.66. The predicted octanol–water partition coefficient (Wildman–Crippen LogP) is 2.17. The van der Waals surface area contributed by atoms with Crippen molar-refractivity contribution in [2.24, 2.45) is 17.8 Å². The maximum Gasteiger partial charge on any atom is 0.224 e. The van der Waals surface area contributed by atoms with Gasteiger partial charge in [0.05, 0.1) is 5.92 Å². The molecule has 1 rings (SSSR count). The van der Waals surface area contributed by atoms with Crippen molar-refractivity contribution in [2.45, 2.75) is 53.0 Å². The van der Waals surface area contributed by atoms with Crippen molar-refractivity contribution < 1.29 is 4.79 Å². The molecule has 1 saturated heterocycles. The molecule has 3 heteroatoms. The summed E-state index contributed by atoms with van der Waals surface area (Å²) in [6.45, 7) is 10.6. The number of rotatable bonds is 6. The molecule has 0 saturated carbocycles. The molecule has 0 aromatic carbocycles. The van der Waals surface area contributed by atoms with Crippen molar-refractivity contribution in [2.75, 3.05) is 13.1 Å². The molecule has 1 amide bonds. The van der Waals surface area contributed by atoms with Gasteiger partial charge in [0.25, 0.3) is 0 Å². The fourth-order valence-corrected chi connectivity index (χ4v) is 2.42. The van der Waals surface area contributed by atoms with Gasteiger partial charge in [-0.15, -0.1) is 0 Å². The van der Waals surface area contributed by atoms with Gasteiger partial charge < -0.3 is 10.6 Å². The lowest BCUT2D eigenvalue weighted by Gasteiger charge is -2.19. The van der Waals surface area contributed by atoms with Gasteiger partial charge in [-0.2, -0.15) is 0 Å². The standard InChI is InChI=1S/C14H28N2O/c1-10(2)6-5-7-12(4)16-14(17)13-9-15-8-11(13)3/h10-13,15H,5-9H2,1-4H3,(H,16,17)/t11-,12?,13-/m1/s1. The summed E-state index contributed by atoms with van der Waals surface area (Å²) in [7, 11) is 0. The van der Waals surface area contributed by atoms with E-state index in [-0.39, 0.29) is 11.8 Å². The van der Waals surface area contributed by atoms with E-state index >= 15 is 0 Å². The first-order valence-electron chi connectivity index (χ1n) is 7.01. The molecule has 17 heavy (non-hydrogen) atoms. The second-order valence-corrected chi connectivity index (χ2v) is 5.98. The van der Waals surface area contributed by atoms with Crippen molar-refractivity contribution >= 4 is 5.91 Å². The quantitative estimate of drug-likeness (QED) is 0.747. The summed E-state index contributed by atoms with van der Waals surface area (Å²) in [6.07, 6.45) is 3.55. The van der Waals surface area contributed by atoms with Gasteiger partial charge in [0.1, 0.15) is 0 Å². The third-order valence-corrected chi connectivity index (χ3v) is 3.66. The van der Waals surface area contributed by atoms with E-state index in [1.165, 1.54) is 12.8 Å². The molecule has 0 aliphatic carbocycles. The van der Waals surface area contributed by atoms with Crippen LogP contribution in [0.25, 0.3) is 0 Å². The highest BCUT2D eigenvalue weighted by Crippen LogP contribution is 2.16. The molecule has 2 N–H and O–H groups in total. The van der Waals surface area contributed by atoms with Crippen LogP contribution in [-0.2, 0) is 4.79 Å². The van der Waals surface area contributed by atoms with Crippen LogP contribution in [-0.4, -0.2) is 25.0 Å². The van der Waals surface area contributed by atoms with Crippen molar-refractivity contribution in [3.63, 3.8) is 0 Å². The van der Waals surface area contributed by atoms with Crippen LogP contribution in [0.2, 0.25) is 0 Å². The zero-order valence-corrected chi connectivity index (χ0v) is 11.8. The zero-order valence-electron chi connectivity index (χ0n) is 11.8. The first-order valence-corrected chi connectivity index (χ1v) is 7.01. The van der Waals surface area contributed by atoms with Crippen LogP contribution in [0.15, 0.2) is 0 Å². The zero-order chi connectivity index (χ0) is 12.8. The van der Waals surface area contributed by atoms with E-state index in [0.717, 1.165) is 25.4 Å². The smallest absolute Gasteiger partial charge is 0.224 e. The molecule has 1 aliphatic heterocycles. The third kappa shape index (κ3) is 5.07. The van der Waals surface area contributed by atoms with Gasteiger partial charge in [0, 0.05) is 12.6 Å². The Morgan fingerprint density at radius 3 is 2.53 bits per heavy atom. The van der Waals surface area contributed by atoms with E-state index in [1.807, 2.05) is 0 Å². The van der Waals surface area contributed by atoms with Crippen molar-refractivity contribution in [1.29, 1.82) is 0 Å². The normalized spacial score (nSPS) is 26.2. The fraction of sp³-hybridized carbons (Fsp3) is 0.929. The van der Waals surface area contributed by atoms with Crippen molar-refractivity contribution in [1.82, 2.24) is 10.6 Å². The molecule has 100 valence electrons. The van der Waals surface area contributed by atoms with Crippen LogP contribution in [0.5, 0.6) is 0 Å². The van der Waals surface area contributed by atoms with E-state index in [4.69, 9.17) is 0 Å². The molecule has 0 aromatic heterocycles. The van der Waals surface area contributed by atoms with E-state index in [2.05, 4.69) is 38.3 Å². The summed E-state index contributed by atoms with van der Waals surface area (Å²) in [5.41, 5.74) is 0. The molecule has 0 bridgehead atoms. The minimum atomic E-state index is 0.169. The maximum atomic E-state index is 12.0. The second-order valence-electron chi connectivity index (χ2n) is 5.98. The van der Waals surface area contributed by atoms with Crippen LogP contribution >= 0.6 is 0 Å². The summed E-state index contributed by atoms with van der Waals surface area (Å²) in [6, 6.07) is 0.314. The first kappa shape index (κ1) is 14.5. The molecule has 1 aliphatic rings. The van der Waals surface area contributed by atoms with E-state index in [9.17, 15) is 4.79 Å². The Morgan fingerprint density at radius 1 is 1.29 bits per heavy atom. The van der Waals surface area contributed by atoms with Gasteiger partial charge in [-0.05, 0) is 31.7 Å². The molecular formula is C14H28N2O. The minimum absolute atomic E-state index is 0.169. The number of carbonyl (C=O) groups is 1. The van der Waals surface area contributed by atoms with Crippen LogP contribution in [0.1, 0.15) is 47.0 Å². The first-order chi connectivity index (χ1) is 8.00. The average molecular weight is 240 g/mol. The van der Waals surface area contributed by atoms with E-state index < -0.39 is 0 Å². The molecule has 1 fully saturated rings. The Labute approximate surface area is 106 Å². The number of carbonyl (C=O) groups excluding carboxylic acids is 1. The molecule has 1 unspecified atom stereocenters. The van der Waals surface area contributed by atoms with Crippen molar-refractivity contribution in [3.8, 4) is 0 Å². The fourth-order valence-electron chi connectivity index (χ4n) is 2.42. The molecule has 3 nitrogen and oxygen atoms in total. The van der Waals surface area contributed by atoms with Crippen LogP contribution in [0, 0.1) is 17.8 Å². The summed E-state index contributed by atoms with van der Waals surface area (Å²) in [5, 5.41) is 6.42. The molecule has 0 aromatic rings. The van der Waals surface area contributed by atoms with Gasteiger partial charge in [0.2, 0.25) is 5.91 Å². The topological polar surface area (TPSA) is 41.1 Å². The van der Waals surface area contributed by atoms with Gasteiger partial charge >= 0.3 is 0 Å². The largest absolute Gasteiger partial charge is 0.353 e. The molecular weight excluding hydrogens is 212 g/mol. The highest BCUT2D eigenvalue weighted by Gasteiger charge is 2.29. The summed E-state index contributed by atoms with van der Waals surface area (Å²) in [4.78, 5) is 12.0. The number of amides is 1. The summed E-state index contributed by atoms with van der Waals surface area (Å²) < 4.78 is 0. The van der Waals surface area contributed by atoms with Gasteiger partial charge in [0.15, 0.2) is 0 Å². The Morgan fingerprint density at radius 2 is 2.00 bits per heavy atom. The van der Waals surface area contributed by atoms with Gasteiger partial charge in [-0.25, -0.2) is 0 Å². The van der Waals surface area contributed by atoms with Gasteiger partial charge in [-0.3, -0.25) is 4.79 Å². The monoisotopic (exact) mass is 240 g/mol. The summed E-state index contributed by atoms with van der Waals surface area (Å²) >= 11 is 0. The Hall–Kier alpha value is -0.570. The Balaban J connectivity index is 2.21. The van der Waals surface area contributed by atoms with Crippen molar-refractivity contribution in [3.05, 3.63) is 0 Å². The summed E-state index contributed by atoms with van der Waals surface area (Å²) in [5.74, 6) is 1.64. The Kier molecular flexibility index (Phi) is 5.96. The highest BCUT2D eigenvalue weighted by atomic mass is 16.2. The average Bonchev–Trinajstić information content (AvgIpc) is 2.63. The molecule has 3 atom stereocenters. The number of hydrogen-bond acceptors (Lipinski definition) is 2. The number of hydrogen-bond donors (Lipinski definition) is 2. The molecule has 0 spiro atoms. The van der Waals surface area contributed by atoms with Crippen LogP contribution in [0.3, 0.4) is 0 Å². The molecule has 0 radical (unpaired) electrons. The van der Waals surface area contributed by atoms with Crippen LogP contribution < -0.4 is 10.6 Å². The molecule has 1 heterocycles. The lowest BCUT2D eigenvalue weighted by atomic mass is 9.96. The highest BCUT2D eigenvalue weighted by molar-refractivity contribution is 5.79. The van der Waals surface area contributed by atoms with Crippen LogP contribution in [0.4, 0.5) is 0 Å². The number of nitrogens with one attached hydrogen (secondary N) is 2. The maximum absolute atomic E-state index is 12.0. The minimum Gasteiger partial charge on any atom is -0.353 e.